The second kappa shape index (κ2) is 7.57. The molecule has 1 saturated carbocycles. The van der Waals surface area contributed by atoms with Crippen LogP contribution in [-0.2, 0) is 0 Å². The average molecular weight is 406 g/mol. The van der Waals surface area contributed by atoms with Gasteiger partial charge in [-0.25, -0.2) is 4.98 Å². The van der Waals surface area contributed by atoms with Crippen molar-refractivity contribution >= 4 is 28.1 Å². The van der Waals surface area contributed by atoms with Gasteiger partial charge in [-0.2, -0.15) is 0 Å². The highest BCUT2D eigenvalue weighted by Gasteiger charge is 2.24. The highest BCUT2D eigenvalue weighted by molar-refractivity contribution is 7.18. The Bertz CT molecular complexity index is 1150. The van der Waals surface area contributed by atoms with Crippen LogP contribution >= 0.6 is 11.3 Å². The molecule has 6 nitrogen and oxygen atoms in total. The maximum absolute atomic E-state index is 6.22. The molecule has 0 bridgehead atoms. The van der Waals surface area contributed by atoms with E-state index >= 15 is 0 Å². The zero-order valence-electron chi connectivity index (χ0n) is 16.3. The molecular formula is C22H23N5OS. The van der Waals surface area contributed by atoms with Gasteiger partial charge < -0.3 is 15.5 Å². The van der Waals surface area contributed by atoms with Crippen LogP contribution in [0.3, 0.4) is 0 Å². The smallest absolute Gasteiger partial charge is 0.316 e. The van der Waals surface area contributed by atoms with Gasteiger partial charge in [0.05, 0.1) is 5.69 Å². The van der Waals surface area contributed by atoms with Gasteiger partial charge in [-0.3, -0.25) is 0 Å². The number of rotatable bonds is 4. The number of nitrogens with zero attached hydrogens (tertiary/aromatic N) is 3. The molecule has 0 spiro atoms. The molecule has 29 heavy (non-hydrogen) atoms. The first kappa shape index (κ1) is 18.3. The molecule has 0 aliphatic heterocycles. The third-order valence-corrected chi connectivity index (χ3v) is 6.74. The lowest BCUT2D eigenvalue weighted by molar-refractivity contribution is 0.395. The molecule has 4 aromatic rings. The second-order valence-electron chi connectivity index (χ2n) is 7.61. The number of anilines is 1. The van der Waals surface area contributed by atoms with Crippen molar-refractivity contribution in [2.24, 2.45) is 5.73 Å². The van der Waals surface area contributed by atoms with E-state index in [2.05, 4.69) is 58.0 Å². The fourth-order valence-electron chi connectivity index (χ4n) is 3.91. The molecule has 1 aliphatic carbocycles. The predicted octanol–water partition coefficient (Wildman–Crippen LogP) is 5.00. The number of fused-ring (bicyclic) bond motifs is 1. The number of aromatic nitrogens is 3. The molecule has 0 saturated heterocycles. The van der Waals surface area contributed by atoms with Crippen LogP contribution in [-0.4, -0.2) is 27.3 Å². The fourth-order valence-corrected chi connectivity index (χ4v) is 4.90. The van der Waals surface area contributed by atoms with E-state index in [-0.39, 0.29) is 12.1 Å². The number of nitrogens with one attached hydrogen (secondary N) is 1. The number of hydrogen-bond donors (Lipinski definition) is 2. The van der Waals surface area contributed by atoms with Crippen molar-refractivity contribution in [2.45, 2.75) is 44.7 Å². The molecule has 7 heteroatoms. The third kappa shape index (κ3) is 3.63. The van der Waals surface area contributed by atoms with Gasteiger partial charge in [0.1, 0.15) is 9.88 Å². The lowest BCUT2D eigenvalue weighted by Gasteiger charge is -2.28. The van der Waals surface area contributed by atoms with Gasteiger partial charge in [-0.15, -0.1) is 16.4 Å². The summed E-state index contributed by atoms with van der Waals surface area (Å²) in [5.41, 5.74) is 8.20. The topological polar surface area (TPSA) is 89.9 Å². The molecule has 1 fully saturated rings. The normalized spacial score (nSPS) is 19.5. The van der Waals surface area contributed by atoms with Gasteiger partial charge in [0.25, 0.3) is 5.89 Å². The first-order chi connectivity index (χ1) is 14.2. The summed E-state index contributed by atoms with van der Waals surface area (Å²) in [5.74, 6) is 0.499. The van der Waals surface area contributed by atoms with Crippen LogP contribution in [0.5, 0.6) is 0 Å². The van der Waals surface area contributed by atoms with Gasteiger partial charge in [-0.05, 0) is 36.6 Å². The molecule has 2 heterocycles. The minimum absolute atomic E-state index is 0.128. The van der Waals surface area contributed by atoms with Crippen LogP contribution < -0.4 is 11.1 Å². The Balaban J connectivity index is 1.41. The van der Waals surface area contributed by atoms with Crippen molar-refractivity contribution in [1.29, 1.82) is 0 Å². The molecule has 0 amide bonds. The van der Waals surface area contributed by atoms with Crippen molar-refractivity contribution in [1.82, 2.24) is 15.2 Å². The standard InChI is InChI=1S/C22H23N5OS/c1-13-19(20-26-27-22(28-20)25-18-9-5-4-8-17(18)23)29-21(24-13)16-11-10-14-6-2-3-7-15(14)12-16/h2-3,6-7,10-12,17-18H,4-5,8-9,23H2,1H3,(H,25,27)/t17-,18+/m0/s1. The maximum atomic E-state index is 6.22. The summed E-state index contributed by atoms with van der Waals surface area (Å²) in [6, 6.07) is 15.5. The lowest BCUT2D eigenvalue weighted by atomic mass is 9.91. The summed E-state index contributed by atoms with van der Waals surface area (Å²) in [5, 5.41) is 15.1. The Morgan fingerprint density at radius 2 is 1.90 bits per heavy atom. The van der Waals surface area contributed by atoms with Gasteiger partial charge >= 0.3 is 6.01 Å². The molecule has 2 aromatic heterocycles. The zero-order valence-corrected chi connectivity index (χ0v) is 17.1. The van der Waals surface area contributed by atoms with Gasteiger partial charge in [0.15, 0.2) is 0 Å². The number of hydrogen-bond acceptors (Lipinski definition) is 7. The van der Waals surface area contributed by atoms with E-state index in [9.17, 15) is 0 Å². The number of thiazole rings is 1. The van der Waals surface area contributed by atoms with Gasteiger partial charge in [-0.1, -0.05) is 54.3 Å². The Morgan fingerprint density at radius 3 is 2.76 bits per heavy atom. The molecule has 1 aliphatic rings. The van der Waals surface area contributed by atoms with Crippen molar-refractivity contribution in [3.8, 4) is 21.3 Å². The van der Waals surface area contributed by atoms with E-state index in [1.54, 1.807) is 11.3 Å². The largest absolute Gasteiger partial charge is 0.402 e. The first-order valence-electron chi connectivity index (χ1n) is 10.00. The van der Waals surface area contributed by atoms with Crippen LogP contribution in [0.2, 0.25) is 0 Å². The van der Waals surface area contributed by atoms with Crippen molar-refractivity contribution in [2.75, 3.05) is 5.32 Å². The van der Waals surface area contributed by atoms with E-state index in [1.165, 1.54) is 23.6 Å². The molecule has 0 radical (unpaired) electrons. The van der Waals surface area contributed by atoms with Crippen LogP contribution in [0.4, 0.5) is 6.01 Å². The summed E-state index contributed by atoms with van der Waals surface area (Å²) in [6.07, 6.45) is 4.42. The van der Waals surface area contributed by atoms with Crippen molar-refractivity contribution in [3.05, 3.63) is 48.2 Å². The summed E-state index contributed by atoms with van der Waals surface area (Å²) < 4.78 is 5.90. The molecular weight excluding hydrogens is 382 g/mol. The van der Waals surface area contributed by atoms with E-state index in [0.29, 0.717) is 11.9 Å². The van der Waals surface area contributed by atoms with Crippen molar-refractivity contribution < 1.29 is 4.42 Å². The van der Waals surface area contributed by atoms with Crippen molar-refractivity contribution in [3.63, 3.8) is 0 Å². The van der Waals surface area contributed by atoms with E-state index in [4.69, 9.17) is 15.1 Å². The second-order valence-corrected chi connectivity index (χ2v) is 8.61. The first-order valence-corrected chi connectivity index (χ1v) is 10.8. The van der Waals surface area contributed by atoms with Crippen LogP contribution in [0, 0.1) is 6.92 Å². The van der Waals surface area contributed by atoms with E-state index in [1.807, 2.05) is 6.92 Å². The van der Waals surface area contributed by atoms with Gasteiger partial charge in [0, 0.05) is 17.6 Å². The SMILES string of the molecule is Cc1nc(-c2ccc3ccccc3c2)sc1-c1nnc(N[C@@H]2CCCC[C@@H]2N)o1. The van der Waals surface area contributed by atoms with Gasteiger partial charge in [0.2, 0.25) is 0 Å². The summed E-state index contributed by atoms with van der Waals surface area (Å²) in [7, 11) is 0. The zero-order chi connectivity index (χ0) is 19.8. The van der Waals surface area contributed by atoms with E-state index in [0.717, 1.165) is 34.0 Å². The minimum atomic E-state index is 0.128. The summed E-state index contributed by atoms with van der Waals surface area (Å²) in [6.45, 7) is 1.98. The Labute approximate surface area is 173 Å². The minimum Gasteiger partial charge on any atom is -0.402 e. The molecule has 3 N–H and O–H groups in total. The number of benzene rings is 2. The third-order valence-electron chi connectivity index (χ3n) is 5.54. The van der Waals surface area contributed by atoms with Crippen LogP contribution in [0.15, 0.2) is 46.9 Å². The fraction of sp³-hybridized carbons (Fsp3) is 0.318. The molecule has 5 rings (SSSR count). The molecule has 2 aromatic carbocycles. The highest BCUT2D eigenvalue weighted by atomic mass is 32.1. The quantitative estimate of drug-likeness (QED) is 0.496. The Morgan fingerprint density at radius 1 is 1.07 bits per heavy atom. The van der Waals surface area contributed by atoms with Crippen LogP contribution in [0.1, 0.15) is 31.4 Å². The number of aryl methyl sites for hydroxylation is 1. The molecule has 0 unspecified atom stereocenters. The Kier molecular flexibility index (Phi) is 4.77. The summed E-state index contributed by atoms with van der Waals surface area (Å²) in [4.78, 5) is 5.66. The number of nitrogens with two attached hydrogens (primary N) is 1. The summed E-state index contributed by atoms with van der Waals surface area (Å²) >= 11 is 1.57. The Hall–Kier alpha value is -2.77. The maximum Gasteiger partial charge on any atom is 0.316 e. The predicted molar refractivity (Wildman–Crippen MR) is 117 cm³/mol. The lowest BCUT2D eigenvalue weighted by Crippen LogP contribution is -2.42. The average Bonchev–Trinajstić information content (AvgIpc) is 3.36. The molecule has 2 atom stereocenters. The van der Waals surface area contributed by atoms with E-state index < -0.39 is 0 Å². The highest BCUT2D eigenvalue weighted by Crippen LogP contribution is 2.36. The van der Waals surface area contributed by atoms with Crippen LogP contribution in [0.25, 0.3) is 32.1 Å². The molecule has 148 valence electrons. The monoisotopic (exact) mass is 405 g/mol.